The van der Waals surface area contributed by atoms with E-state index in [1.807, 2.05) is 6.92 Å². The number of hydrogen-bond acceptors (Lipinski definition) is 3. The molecule has 0 aliphatic rings. The SMILES string of the molecule is COC(OC)C(C)S. The molecule has 2 nitrogen and oxygen atoms in total. The summed E-state index contributed by atoms with van der Waals surface area (Å²) in [6.45, 7) is 1.92. The van der Waals surface area contributed by atoms with E-state index in [0.717, 1.165) is 0 Å². The topological polar surface area (TPSA) is 18.5 Å². The summed E-state index contributed by atoms with van der Waals surface area (Å²) in [5.41, 5.74) is 0. The van der Waals surface area contributed by atoms with Crippen LogP contribution >= 0.6 is 12.6 Å². The highest BCUT2D eigenvalue weighted by Gasteiger charge is 2.09. The summed E-state index contributed by atoms with van der Waals surface area (Å²) in [6, 6.07) is 0. The minimum absolute atomic E-state index is 0.130. The Hall–Kier alpha value is 0.270. The lowest BCUT2D eigenvalue weighted by molar-refractivity contribution is -0.0985. The molecule has 0 spiro atoms. The summed E-state index contributed by atoms with van der Waals surface area (Å²) in [5.74, 6) is 0. The molecule has 1 atom stereocenters. The van der Waals surface area contributed by atoms with Crippen LogP contribution in [0.4, 0.5) is 0 Å². The minimum Gasteiger partial charge on any atom is -0.355 e. The fourth-order valence-electron chi connectivity index (χ4n) is 0.490. The van der Waals surface area contributed by atoms with Crippen LogP contribution in [0.3, 0.4) is 0 Å². The maximum atomic E-state index is 4.86. The third kappa shape index (κ3) is 2.55. The van der Waals surface area contributed by atoms with Crippen LogP contribution in [-0.2, 0) is 9.47 Å². The van der Waals surface area contributed by atoms with Crippen molar-refractivity contribution >= 4 is 12.6 Å². The number of hydrogen-bond donors (Lipinski definition) is 1. The van der Waals surface area contributed by atoms with Crippen LogP contribution < -0.4 is 0 Å². The molecule has 0 saturated heterocycles. The Labute approximate surface area is 55.6 Å². The van der Waals surface area contributed by atoms with Crippen molar-refractivity contribution in [2.45, 2.75) is 18.5 Å². The standard InChI is InChI=1S/C5H12O2S/c1-4(8)5(6-2)7-3/h4-5,8H,1-3H3. The fraction of sp³-hybridized carbons (Fsp3) is 1.00. The first-order chi connectivity index (χ1) is 3.72. The van der Waals surface area contributed by atoms with Crippen molar-refractivity contribution in [1.29, 1.82) is 0 Å². The van der Waals surface area contributed by atoms with Crippen molar-refractivity contribution in [3.8, 4) is 0 Å². The summed E-state index contributed by atoms with van der Waals surface area (Å²) < 4.78 is 9.72. The van der Waals surface area contributed by atoms with Crippen LogP contribution in [0.1, 0.15) is 6.92 Å². The van der Waals surface area contributed by atoms with Gasteiger partial charge in [0, 0.05) is 19.5 Å². The summed E-state index contributed by atoms with van der Waals surface area (Å²) in [6.07, 6.45) is -0.182. The van der Waals surface area contributed by atoms with Crippen LogP contribution in [0.5, 0.6) is 0 Å². The highest BCUT2D eigenvalue weighted by molar-refractivity contribution is 7.81. The van der Waals surface area contributed by atoms with Crippen molar-refractivity contribution in [2.75, 3.05) is 14.2 Å². The van der Waals surface area contributed by atoms with Gasteiger partial charge in [-0.15, -0.1) is 0 Å². The highest BCUT2D eigenvalue weighted by Crippen LogP contribution is 2.03. The molecule has 0 aromatic carbocycles. The lowest BCUT2D eigenvalue weighted by atomic mass is 10.5. The van der Waals surface area contributed by atoms with E-state index >= 15 is 0 Å². The summed E-state index contributed by atoms with van der Waals surface area (Å²) in [5, 5.41) is 0.130. The molecule has 0 saturated carbocycles. The smallest absolute Gasteiger partial charge is 0.168 e. The first-order valence-corrected chi connectivity index (χ1v) is 2.97. The van der Waals surface area contributed by atoms with Gasteiger partial charge in [0.1, 0.15) is 0 Å². The average Bonchev–Trinajstić information content (AvgIpc) is 1.69. The van der Waals surface area contributed by atoms with E-state index in [9.17, 15) is 0 Å². The quantitative estimate of drug-likeness (QED) is 0.459. The Kier molecular flexibility index (Phi) is 4.32. The van der Waals surface area contributed by atoms with E-state index in [1.54, 1.807) is 14.2 Å². The number of rotatable bonds is 3. The zero-order chi connectivity index (χ0) is 6.57. The molecule has 0 aliphatic heterocycles. The Morgan fingerprint density at radius 3 is 1.62 bits per heavy atom. The van der Waals surface area contributed by atoms with Gasteiger partial charge in [0.05, 0.1) is 0 Å². The Bertz CT molecular complexity index is 52.4. The van der Waals surface area contributed by atoms with Crippen LogP contribution in [0.15, 0.2) is 0 Å². The third-order valence-electron chi connectivity index (χ3n) is 0.858. The summed E-state index contributed by atoms with van der Waals surface area (Å²) in [4.78, 5) is 0. The van der Waals surface area contributed by atoms with Crippen molar-refractivity contribution in [3.05, 3.63) is 0 Å². The number of thiol groups is 1. The normalized spacial score (nSPS) is 14.6. The molecule has 0 heterocycles. The number of ether oxygens (including phenoxy) is 2. The molecule has 8 heavy (non-hydrogen) atoms. The molecule has 0 rings (SSSR count). The van der Waals surface area contributed by atoms with Crippen LogP contribution in [0.25, 0.3) is 0 Å². The Morgan fingerprint density at radius 1 is 1.25 bits per heavy atom. The third-order valence-corrected chi connectivity index (χ3v) is 1.10. The second kappa shape index (κ2) is 4.18. The maximum absolute atomic E-state index is 4.86. The van der Waals surface area contributed by atoms with Gasteiger partial charge in [0.15, 0.2) is 6.29 Å². The molecule has 0 amide bonds. The minimum atomic E-state index is -0.182. The predicted octanol–water partition coefficient (Wildman–Crippen LogP) is 0.924. The Balaban J connectivity index is 3.35. The molecule has 3 heteroatoms. The monoisotopic (exact) mass is 136 g/mol. The van der Waals surface area contributed by atoms with Crippen molar-refractivity contribution in [3.63, 3.8) is 0 Å². The van der Waals surface area contributed by atoms with E-state index in [1.165, 1.54) is 0 Å². The molecular weight excluding hydrogens is 124 g/mol. The van der Waals surface area contributed by atoms with Gasteiger partial charge in [-0.2, -0.15) is 12.6 Å². The molecule has 50 valence electrons. The van der Waals surface area contributed by atoms with Gasteiger partial charge in [-0.3, -0.25) is 0 Å². The first kappa shape index (κ1) is 8.27. The van der Waals surface area contributed by atoms with Gasteiger partial charge >= 0.3 is 0 Å². The molecule has 0 aliphatic carbocycles. The van der Waals surface area contributed by atoms with Gasteiger partial charge in [0.25, 0.3) is 0 Å². The molecule has 0 fully saturated rings. The predicted molar refractivity (Wildman–Crippen MR) is 36.3 cm³/mol. The lowest BCUT2D eigenvalue weighted by Crippen LogP contribution is -2.22. The summed E-state index contributed by atoms with van der Waals surface area (Å²) >= 11 is 4.10. The van der Waals surface area contributed by atoms with E-state index < -0.39 is 0 Å². The van der Waals surface area contributed by atoms with Crippen molar-refractivity contribution < 1.29 is 9.47 Å². The summed E-state index contributed by atoms with van der Waals surface area (Å²) in [7, 11) is 3.20. The molecule has 0 N–H and O–H groups in total. The molecule has 0 aromatic heterocycles. The van der Waals surface area contributed by atoms with Gasteiger partial charge < -0.3 is 9.47 Å². The largest absolute Gasteiger partial charge is 0.355 e. The second-order valence-corrected chi connectivity index (χ2v) is 2.39. The second-order valence-electron chi connectivity index (χ2n) is 1.58. The first-order valence-electron chi connectivity index (χ1n) is 2.46. The van der Waals surface area contributed by atoms with E-state index in [0.29, 0.717) is 0 Å². The van der Waals surface area contributed by atoms with Crippen molar-refractivity contribution in [1.82, 2.24) is 0 Å². The van der Waals surface area contributed by atoms with Crippen LogP contribution in [0, 0.1) is 0 Å². The van der Waals surface area contributed by atoms with E-state index in [2.05, 4.69) is 12.6 Å². The zero-order valence-electron chi connectivity index (χ0n) is 5.42. The average molecular weight is 136 g/mol. The lowest BCUT2D eigenvalue weighted by Gasteiger charge is -2.15. The molecule has 0 radical (unpaired) electrons. The van der Waals surface area contributed by atoms with Gasteiger partial charge in [0.2, 0.25) is 0 Å². The molecule has 0 aromatic rings. The fourth-order valence-corrected chi connectivity index (χ4v) is 0.734. The molecule has 0 bridgehead atoms. The molecular formula is C5H12O2S. The van der Waals surface area contributed by atoms with Gasteiger partial charge in [-0.05, 0) is 6.92 Å². The van der Waals surface area contributed by atoms with E-state index in [4.69, 9.17) is 9.47 Å². The Morgan fingerprint density at radius 2 is 1.62 bits per heavy atom. The van der Waals surface area contributed by atoms with E-state index in [-0.39, 0.29) is 11.5 Å². The zero-order valence-corrected chi connectivity index (χ0v) is 6.31. The number of methoxy groups -OCH3 is 2. The van der Waals surface area contributed by atoms with Gasteiger partial charge in [-0.1, -0.05) is 0 Å². The van der Waals surface area contributed by atoms with Gasteiger partial charge in [-0.25, -0.2) is 0 Å². The maximum Gasteiger partial charge on any atom is 0.168 e. The molecule has 1 unspecified atom stereocenters. The highest BCUT2D eigenvalue weighted by atomic mass is 32.1. The van der Waals surface area contributed by atoms with Crippen molar-refractivity contribution in [2.24, 2.45) is 0 Å². The van der Waals surface area contributed by atoms with Crippen LogP contribution in [-0.4, -0.2) is 25.8 Å². The van der Waals surface area contributed by atoms with Crippen LogP contribution in [0.2, 0.25) is 0 Å².